The fraction of sp³-hybridized carbons (Fsp3) is 0.100. The van der Waals surface area contributed by atoms with E-state index in [0.717, 1.165) is 4.47 Å². The number of nitrogens with zero attached hydrogens (tertiary/aromatic N) is 1. The normalized spacial score (nSPS) is 18.5. The van der Waals surface area contributed by atoms with E-state index in [1.54, 1.807) is 6.07 Å². The molecule has 5 nitrogen and oxygen atoms in total. The lowest BCUT2D eigenvalue weighted by Crippen LogP contribution is -2.52. The van der Waals surface area contributed by atoms with Gasteiger partial charge < -0.3 is 4.42 Å². The highest BCUT2D eigenvalue weighted by molar-refractivity contribution is 14.1. The molecule has 2 heterocycles. The van der Waals surface area contributed by atoms with Gasteiger partial charge in [-0.3, -0.25) is 19.8 Å². The van der Waals surface area contributed by atoms with Crippen LogP contribution < -0.4 is 5.32 Å². The SMILES string of the molecule is CN1C(=O)/C(=C/c2cc(Br)c(I)o2)C(=O)NC1=S. The van der Waals surface area contributed by atoms with E-state index in [1.165, 1.54) is 18.0 Å². The topological polar surface area (TPSA) is 62.6 Å². The average Bonchev–Trinajstić information content (AvgIpc) is 2.61. The van der Waals surface area contributed by atoms with Crippen LogP contribution >= 0.6 is 50.7 Å². The van der Waals surface area contributed by atoms with Gasteiger partial charge in [0.1, 0.15) is 11.3 Å². The minimum Gasteiger partial charge on any atom is -0.450 e. The molecule has 1 aliphatic rings. The molecule has 2 amide bonds. The highest BCUT2D eigenvalue weighted by atomic mass is 127. The first-order chi connectivity index (χ1) is 8.40. The van der Waals surface area contributed by atoms with Crippen molar-refractivity contribution in [2.45, 2.75) is 0 Å². The van der Waals surface area contributed by atoms with Gasteiger partial charge in [0.15, 0.2) is 8.88 Å². The number of nitrogens with one attached hydrogen (secondary N) is 1. The van der Waals surface area contributed by atoms with Gasteiger partial charge in [0.05, 0.1) is 4.47 Å². The van der Waals surface area contributed by atoms with Crippen molar-refractivity contribution in [3.05, 3.63) is 25.6 Å². The quantitative estimate of drug-likeness (QED) is 0.313. The minimum absolute atomic E-state index is 0.0104. The van der Waals surface area contributed by atoms with E-state index in [0.29, 0.717) is 9.53 Å². The molecule has 18 heavy (non-hydrogen) atoms. The summed E-state index contributed by atoms with van der Waals surface area (Å²) in [7, 11) is 1.50. The van der Waals surface area contributed by atoms with E-state index >= 15 is 0 Å². The van der Waals surface area contributed by atoms with Crippen LogP contribution in [0.5, 0.6) is 0 Å². The van der Waals surface area contributed by atoms with Crippen LogP contribution in [0.15, 0.2) is 20.5 Å². The van der Waals surface area contributed by atoms with Crippen LogP contribution in [0, 0.1) is 3.77 Å². The maximum atomic E-state index is 11.9. The third kappa shape index (κ3) is 2.50. The molecule has 0 saturated carbocycles. The largest absolute Gasteiger partial charge is 0.450 e. The Bertz CT molecular complexity index is 576. The van der Waals surface area contributed by atoms with Gasteiger partial charge in [0.2, 0.25) is 0 Å². The van der Waals surface area contributed by atoms with Crippen molar-refractivity contribution >= 4 is 73.7 Å². The molecule has 0 spiro atoms. The van der Waals surface area contributed by atoms with Gasteiger partial charge in [-0.05, 0) is 40.3 Å². The summed E-state index contributed by atoms with van der Waals surface area (Å²) in [5.41, 5.74) is -0.0104. The summed E-state index contributed by atoms with van der Waals surface area (Å²) >= 11 is 10.1. The van der Waals surface area contributed by atoms with Gasteiger partial charge in [-0.25, -0.2) is 0 Å². The third-order valence-corrected chi connectivity index (χ3v) is 4.76. The lowest BCUT2D eigenvalue weighted by molar-refractivity contribution is -0.128. The number of thiocarbonyl (C=S) groups is 1. The Balaban J connectivity index is 2.40. The predicted octanol–water partition coefficient (Wildman–Crippen LogP) is 1.90. The summed E-state index contributed by atoms with van der Waals surface area (Å²) in [6.07, 6.45) is 1.39. The molecule has 1 fully saturated rings. The predicted molar refractivity (Wildman–Crippen MR) is 80.6 cm³/mol. The molecular weight excluding hydrogens is 435 g/mol. The van der Waals surface area contributed by atoms with Crippen molar-refractivity contribution in [2.24, 2.45) is 0 Å². The Kier molecular flexibility index (Phi) is 3.87. The number of furan rings is 1. The lowest BCUT2D eigenvalue weighted by Gasteiger charge is -2.24. The number of rotatable bonds is 1. The van der Waals surface area contributed by atoms with Gasteiger partial charge in [-0.2, -0.15) is 0 Å². The van der Waals surface area contributed by atoms with E-state index in [9.17, 15) is 9.59 Å². The second kappa shape index (κ2) is 5.10. The molecule has 1 aromatic heterocycles. The number of amides is 2. The molecule has 0 radical (unpaired) electrons. The van der Waals surface area contributed by atoms with E-state index in [1.807, 2.05) is 22.6 Å². The summed E-state index contributed by atoms with van der Waals surface area (Å²) in [5.74, 6) is -0.553. The first-order valence-electron chi connectivity index (χ1n) is 4.70. The van der Waals surface area contributed by atoms with E-state index in [-0.39, 0.29) is 10.7 Å². The smallest absolute Gasteiger partial charge is 0.265 e. The highest BCUT2D eigenvalue weighted by Crippen LogP contribution is 2.25. The molecule has 94 valence electrons. The van der Waals surface area contributed by atoms with Crippen molar-refractivity contribution in [1.82, 2.24) is 10.2 Å². The standard InChI is InChI=1S/C10H6BrIN2O3S/c1-14-9(16)5(8(15)13-10(14)18)2-4-3-6(11)7(12)17-4/h2-3H,1H3,(H,13,15,18)/b5-2+. The number of halogens is 2. The lowest BCUT2D eigenvalue weighted by atomic mass is 10.1. The fourth-order valence-corrected chi connectivity index (χ4v) is 2.21. The molecule has 0 bridgehead atoms. The molecule has 1 N–H and O–H groups in total. The Hall–Kier alpha value is -0.740. The summed E-state index contributed by atoms with van der Waals surface area (Å²) < 4.78 is 6.77. The molecular formula is C10H6BrIN2O3S. The van der Waals surface area contributed by atoms with Crippen molar-refractivity contribution in [2.75, 3.05) is 7.05 Å². The summed E-state index contributed by atoms with van der Waals surface area (Å²) in [6.45, 7) is 0. The van der Waals surface area contributed by atoms with Crippen LogP contribution in [0.3, 0.4) is 0 Å². The molecule has 1 saturated heterocycles. The molecule has 1 aliphatic heterocycles. The first-order valence-corrected chi connectivity index (χ1v) is 6.98. The summed E-state index contributed by atoms with van der Waals surface area (Å²) in [5, 5.41) is 2.52. The minimum atomic E-state index is -0.523. The van der Waals surface area contributed by atoms with Crippen LogP contribution in [0.2, 0.25) is 0 Å². The zero-order chi connectivity index (χ0) is 13.4. The monoisotopic (exact) mass is 440 g/mol. The molecule has 0 aliphatic carbocycles. The van der Waals surface area contributed by atoms with Gasteiger partial charge >= 0.3 is 0 Å². The summed E-state index contributed by atoms with van der Waals surface area (Å²) in [6, 6.07) is 1.68. The Morgan fingerprint density at radius 2 is 2.22 bits per heavy atom. The first kappa shape index (κ1) is 13.7. The zero-order valence-corrected chi connectivity index (χ0v) is 13.6. The van der Waals surface area contributed by atoms with Gasteiger partial charge in [0.25, 0.3) is 11.8 Å². The maximum Gasteiger partial charge on any atom is 0.265 e. The number of hydrogen-bond donors (Lipinski definition) is 1. The van der Waals surface area contributed by atoms with E-state index in [2.05, 4.69) is 21.2 Å². The van der Waals surface area contributed by atoms with Crippen molar-refractivity contribution < 1.29 is 14.0 Å². The van der Waals surface area contributed by atoms with Crippen molar-refractivity contribution in [3.8, 4) is 0 Å². The van der Waals surface area contributed by atoms with Crippen LogP contribution in [0.25, 0.3) is 6.08 Å². The Morgan fingerprint density at radius 3 is 2.78 bits per heavy atom. The maximum absolute atomic E-state index is 11.9. The van der Waals surface area contributed by atoms with Crippen LogP contribution in [-0.2, 0) is 9.59 Å². The van der Waals surface area contributed by atoms with E-state index < -0.39 is 11.8 Å². The fourth-order valence-electron chi connectivity index (χ4n) is 1.32. The molecule has 0 aromatic carbocycles. The van der Waals surface area contributed by atoms with Crippen LogP contribution in [0.1, 0.15) is 5.76 Å². The second-order valence-corrected chi connectivity index (χ2v) is 5.67. The van der Waals surface area contributed by atoms with Gasteiger partial charge in [-0.15, -0.1) is 0 Å². The molecule has 1 aromatic rings. The Labute approximate surface area is 130 Å². The van der Waals surface area contributed by atoms with E-state index in [4.69, 9.17) is 16.6 Å². The molecule has 0 atom stereocenters. The summed E-state index contributed by atoms with van der Waals surface area (Å²) in [4.78, 5) is 24.8. The molecule has 2 rings (SSSR count). The molecule has 0 unspecified atom stereocenters. The number of likely N-dealkylation sites (N-methyl/N-ethyl adjacent to an activating group) is 1. The van der Waals surface area contributed by atoms with Crippen molar-refractivity contribution in [1.29, 1.82) is 0 Å². The number of hydrogen-bond acceptors (Lipinski definition) is 4. The van der Waals surface area contributed by atoms with Crippen LogP contribution in [-0.4, -0.2) is 28.9 Å². The average molecular weight is 441 g/mol. The van der Waals surface area contributed by atoms with Crippen molar-refractivity contribution in [3.63, 3.8) is 0 Å². The van der Waals surface area contributed by atoms with Gasteiger partial charge in [0, 0.05) is 29.6 Å². The number of carbonyl (C=O) groups excluding carboxylic acids is 2. The Morgan fingerprint density at radius 1 is 1.56 bits per heavy atom. The van der Waals surface area contributed by atoms with Crippen LogP contribution in [0.4, 0.5) is 0 Å². The highest BCUT2D eigenvalue weighted by Gasteiger charge is 2.31. The van der Waals surface area contributed by atoms with Gasteiger partial charge in [-0.1, -0.05) is 0 Å². The second-order valence-electron chi connectivity index (χ2n) is 3.45. The third-order valence-electron chi connectivity index (χ3n) is 2.26. The molecule has 8 heteroatoms. The number of carbonyl (C=O) groups is 2. The zero-order valence-electron chi connectivity index (χ0n) is 8.99.